The molecule has 0 bridgehead atoms. The van der Waals surface area contributed by atoms with Gasteiger partial charge < -0.3 is 10.4 Å². The van der Waals surface area contributed by atoms with Crippen LogP contribution in [0.15, 0.2) is 18.2 Å². The van der Waals surface area contributed by atoms with Gasteiger partial charge in [-0.2, -0.15) is 0 Å². The Bertz CT molecular complexity index is 555. The summed E-state index contributed by atoms with van der Waals surface area (Å²) in [5.41, 5.74) is 2.94. The first-order chi connectivity index (χ1) is 10.8. The lowest BCUT2D eigenvalue weighted by molar-refractivity contribution is -0.139. The van der Waals surface area contributed by atoms with Crippen molar-refractivity contribution in [2.24, 2.45) is 0 Å². The van der Waals surface area contributed by atoms with Gasteiger partial charge in [0.15, 0.2) is 0 Å². The van der Waals surface area contributed by atoms with Crippen molar-refractivity contribution in [1.29, 1.82) is 0 Å². The van der Waals surface area contributed by atoms with E-state index < -0.39 is 12.0 Å². The maximum Gasteiger partial charge on any atom is 0.317 e. The Hall–Kier alpha value is -1.88. The number of carbonyl (C=O) groups is 2. The van der Waals surface area contributed by atoms with E-state index in [-0.39, 0.29) is 12.5 Å². The van der Waals surface area contributed by atoms with Crippen molar-refractivity contribution in [1.82, 2.24) is 4.90 Å². The molecule has 0 aromatic heterocycles. The summed E-state index contributed by atoms with van der Waals surface area (Å²) in [6.45, 7) is 10.3. The van der Waals surface area contributed by atoms with Gasteiger partial charge in [0.2, 0.25) is 5.91 Å². The third kappa shape index (κ3) is 5.36. The summed E-state index contributed by atoms with van der Waals surface area (Å²) in [6.07, 6.45) is 0.798. The van der Waals surface area contributed by atoms with Crippen LogP contribution in [0.3, 0.4) is 0 Å². The zero-order valence-electron chi connectivity index (χ0n) is 14.7. The second-order valence-electron chi connectivity index (χ2n) is 6.22. The van der Waals surface area contributed by atoms with Crippen LogP contribution in [0.25, 0.3) is 0 Å². The van der Waals surface area contributed by atoms with Crippen LogP contribution < -0.4 is 5.32 Å². The molecule has 0 saturated heterocycles. The highest BCUT2D eigenvalue weighted by atomic mass is 16.4. The number of anilines is 1. The second kappa shape index (κ2) is 8.67. The Labute approximate surface area is 138 Å². The van der Waals surface area contributed by atoms with Crippen molar-refractivity contribution in [3.05, 3.63) is 29.3 Å². The summed E-state index contributed by atoms with van der Waals surface area (Å²) in [5.74, 6) is -0.793. The number of para-hydroxylation sites is 1. The molecule has 1 rings (SSSR count). The molecule has 0 saturated carbocycles. The third-order valence-electron chi connectivity index (χ3n) is 3.95. The molecule has 0 aliphatic carbocycles. The van der Waals surface area contributed by atoms with Crippen LogP contribution in [-0.2, 0) is 9.59 Å². The van der Waals surface area contributed by atoms with Crippen molar-refractivity contribution >= 4 is 17.6 Å². The molecule has 5 nitrogen and oxygen atoms in total. The first kappa shape index (κ1) is 19.2. The molecule has 2 N–H and O–H groups in total. The fourth-order valence-electron chi connectivity index (χ4n) is 2.61. The van der Waals surface area contributed by atoms with Gasteiger partial charge in [-0.3, -0.25) is 14.5 Å². The second-order valence-corrected chi connectivity index (χ2v) is 6.22. The molecule has 1 atom stereocenters. The van der Waals surface area contributed by atoms with E-state index in [2.05, 4.69) is 19.2 Å². The average Bonchev–Trinajstić information content (AvgIpc) is 2.47. The van der Waals surface area contributed by atoms with Gasteiger partial charge in [-0.25, -0.2) is 0 Å². The lowest BCUT2D eigenvalue weighted by Crippen LogP contribution is -2.45. The lowest BCUT2D eigenvalue weighted by Gasteiger charge is -2.27. The Balaban J connectivity index is 2.96. The summed E-state index contributed by atoms with van der Waals surface area (Å²) in [6, 6.07) is 5.47. The first-order valence-corrected chi connectivity index (χ1v) is 8.14. The number of carboxylic acid groups (broad SMARTS) is 1. The van der Waals surface area contributed by atoms with Crippen LogP contribution >= 0.6 is 0 Å². The van der Waals surface area contributed by atoms with E-state index in [0.29, 0.717) is 12.5 Å². The number of hydrogen-bond acceptors (Lipinski definition) is 3. The number of rotatable bonds is 8. The van der Waals surface area contributed by atoms with E-state index in [1.54, 1.807) is 11.8 Å². The topological polar surface area (TPSA) is 69.6 Å². The van der Waals surface area contributed by atoms with Crippen molar-refractivity contribution < 1.29 is 14.7 Å². The predicted molar refractivity (Wildman–Crippen MR) is 92.9 cm³/mol. The van der Waals surface area contributed by atoms with Gasteiger partial charge in [0.05, 0.1) is 12.6 Å². The molecule has 128 valence electrons. The van der Waals surface area contributed by atoms with E-state index in [1.807, 2.05) is 32.0 Å². The number of carbonyl (C=O) groups excluding carboxylic acids is 1. The normalized spacial score (nSPS) is 12.5. The lowest BCUT2D eigenvalue weighted by atomic mass is 9.98. The van der Waals surface area contributed by atoms with Crippen LogP contribution in [0.5, 0.6) is 0 Å². The smallest absolute Gasteiger partial charge is 0.317 e. The van der Waals surface area contributed by atoms with E-state index in [1.165, 1.54) is 0 Å². The minimum Gasteiger partial charge on any atom is -0.480 e. The fourth-order valence-corrected chi connectivity index (χ4v) is 2.61. The molecule has 1 aromatic carbocycles. The van der Waals surface area contributed by atoms with Crippen LogP contribution in [-0.4, -0.2) is 41.0 Å². The van der Waals surface area contributed by atoms with E-state index in [4.69, 9.17) is 5.11 Å². The molecule has 1 amide bonds. The summed E-state index contributed by atoms with van der Waals surface area (Å²) in [4.78, 5) is 25.3. The standard InChI is InChI=1S/C18H28N2O3/c1-6-10-20(11-16(21)22)14(5)18(23)19-17-13(4)8-7-9-15(17)12(2)3/h7-9,12,14H,6,10-11H2,1-5H3,(H,19,23)(H,21,22). The van der Waals surface area contributed by atoms with Gasteiger partial charge in [0.25, 0.3) is 0 Å². The summed E-state index contributed by atoms with van der Waals surface area (Å²) >= 11 is 0. The van der Waals surface area contributed by atoms with Gasteiger partial charge in [-0.05, 0) is 43.9 Å². The molecule has 1 unspecified atom stereocenters. The molecular weight excluding hydrogens is 292 g/mol. The fraction of sp³-hybridized carbons (Fsp3) is 0.556. The van der Waals surface area contributed by atoms with Crippen molar-refractivity contribution in [3.8, 4) is 0 Å². The van der Waals surface area contributed by atoms with E-state index in [9.17, 15) is 9.59 Å². The Kier molecular flexibility index (Phi) is 7.23. The summed E-state index contributed by atoms with van der Waals surface area (Å²) in [7, 11) is 0. The molecule has 0 aliphatic rings. The van der Waals surface area contributed by atoms with Crippen LogP contribution in [0, 0.1) is 6.92 Å². The maximum atomic E-state index is 12.6. The minimum absolute atomic E-state index is 0.132. The Morgan fingerprint density at radius 1 is 1.26 bits per heavy atom. The molecule has 5 heteroatoms. The number of carboxylic acids is 1. The average molecular weight is 320 g/mol. The monoisotopic (exact) mass is 320 g/mol. The minimum atomic E-state index is -0.920. The van der Waals surface area contributed by atoms with Gasteiger partial charge in [0, 0.05) is 5.69 Å². The van der Waals surface area contributed by atoms with Crippen LogP contribution in [0.2, 0.25) is 0 Å². The van der Waals surface area contributed by atoms with Gasteiger partial charge in [-0.1, -0.05) is 39.0 Å². The zero-order valence-corrected chi connectivity index (χ0v) is 14.7. The molecule has 0 heterocycles. The molecule has 1 aromatic rings. The number of amides is 1. The quantitative estimate of drug-likeness (QED) is 0.771. The maximum absolute atomic E-state index is 12.6. The van der Waals surface area contributed by atoms with E-state index >= 15 is 0 Å². The molecule has 0 radical (unpaired) electrons. The highest BCUT2D eigenvalue weighted by Crippen LogP contribution is 2.27. The Morgan fingerprint density at radius 3 is 2.43 bits per heavy atom. The van der Waals surface area contributed by atoms with Gasteiger partial charge >= 0.3 is 5.97 Å². The predicted octanol–water partition coefficient (Wildman–Crippen LogP) is 3.24. The zero-order chi connectivity index (χ0) is 17.6. The first-order valence-electron chi connectivity index (χ1n) is 8.14. The number of aryl methyl sites for hydroxylation is 1. The summed E-state index contributed by atoms with van der Waals surface area (Å²) < 4.78 is 0. The van der Waals surface area contributed by atoms with Gasteiger partial charge in [0.1, 0.15) is 0 Å². The number of hydrogen-bond donors (Lipinski definition) is 2. The number of nitrogens with zero attached hydrogens (tertiary/aromatic N) is 1. The molecular formula is C18H28N2O3. The third-order valence-corrected chi connectivity index (χ3v) is 3.95. The van der Waals surface area contributed by atoms with E-state index in [0.717, 1.165) is 23.2 Å². The molecule has 0 fully saturated rings. The number of benzene rings is 1. The van der Waals surface area contributed by atoms with Crippen LogP contribution in [0.4, 0.5) is 5.69 Å². The number of aliphatic carboxylic acids is 1. The van der Waals surface area contributed by atoms with Crippen molar-refractivity contribution in [3.63, 3.8) is 0 Å². The largest absolute Gasteiger partial charge is 0.480 e. The Morgan fingerprint density at radius 2 is 1.91 bits per heavy atom. The van der Waals surface area contributed by atoms with Crippen molar-refractivity contribution in [2.45, 2.75) is 53.0 Å². The van der Waals surface area contributed by atoms with Gasteiger partial charge in [-0.15, -0.1) is 0 Å². The molecule has 0 aliphatic heterocycles. The SMILES string of the molecule is CCCN(CC(=O)O)C(C)C(=O)Nc1c(C)cccc1C(C)C. The summed E-state index contributed by atoms with van der Waals surface area (Å²) in [5, 5.41) is 12.0. The highest BCUT2D eigenvalue weighted by molar-refractivity contribution is 5.96. The van der Waals surface area contributed by atoms with Crippen molar-refractivity contribution in [2.75, 3.05) is 18.4 Å². The highest BCUT2D eigenvalue weighted by Gasteiger charge is 2.24. The number of nitrogens with one attached hydrogen (secondary N) is 1. The molecule has 23 heavy (non-hydrogen) atoms. The van der Waals surface area contributed by atoms with Crippen LogP contribution in [0.1, 0.15) is 51.2 Å². The molecule has 0 spiro atoms.